The zero-order chi connectivity index (χ0) is 14.4. The van der Waals surface area contributed by atoms with E-state index in [2.05, 4.69) is 10.1 Å². The molecular weight excluding hydrogens is 293 g/mol. The van der Waals surface area contributed by atoms with Gasteiger partial charge in [-0.25, -0.2) is 9.50 Å². The van der Waals surface area contributed by atoms with Crippen LogP contribution < -0.4 is 0 Å². The lowest BCUT2D eigenvalue weighted by Gasteiger charge is -2.06. The Kier molecular flexibility index (Phi) is 3.19. The van der Waals surface area contributed by atoms with E-state index < -0.39 is 0 Å². The maximum absolute atomic E-state index is 6.37. The number of fused-ring (bicyclic) bond motifs is 1. The average molecular weight is 306 g/mol. The van der Waals surface area contributed by atoms with E-state index in [1.54, 1.807) is 4.52 Å². The fraction of sp³-hybridized carbons (Fsp3) is 0.200. The summed E-state index contributed by atoms with van der Waals surface area (Å²) in [5.41, 5.74) is 5.29. The first kappa shape index (κ1) is 13.4. The van der Waals surface area contributed by atoms with Crippen molar-refractivity contribution in [2.24, 2.45) is 0 Å². The number of halogens is 2. The van der Waals surface area contributed by atoms with Gasteiger partial charge < -0.3 is 0 Å². The second-order valence-electron chi connectivity index (χ2n) is 4.79. The molecule has 0 bridgehead atoms. The molecule has 102 valence electrons. The van der Waals surface area contributed by atoms with Gasteiger partial charge >= 0.3 is 0 Å². The van der Waals surface area contributed by atoms with Crippen LogP contribution in [0.5, 0.6) is 0 Å². The van der Waals surface area contributed by atoms with Gasteiger partial charge in [-0.2, -0.15) is 5.10 Å². The first-order valence-electron chi connectivity index (χ1n) is 6.27. The molecule has 2 aromatic heterocycles. The molecule has 0 saturated carbocycles. The monoisotopic (exact) mass is 305 g/mol. The maximum Gasteiger partial charge on any atom is 0.165 e. The number of benzene rings is 1. The molecule has 0 N–H and O–H groups in total. The van der Waals surface area contributed by atoms with Crippen LogP contribution in [0.2, 0.25) is 10.2 Å². The van der Waals surface area contributed by atoms with Crippen molar-refractivity contribution in [1.29, 1.82) is 0 Å². The van der Waals surface area contributed by atoms with Crippen LogP contribution >= 0.6 is 23.2 Å². The molecule has 0 aliphatic heterocycles. The Morgan fingerprint density at radius 3 is 2.40 bits per heavy atom. The first-order chi connectivity index (χ1) is 9.50. The van der Waals surface area contributed by atoms with Crippen molar-refractivity contribution >= 4 is 28.8 Å². The average Bonchev–Trinajstić information content (AvgIpc) is 2.74. The number of aromatic nitrogens is 3. The number of hydrogen-bond acceptors (Lipinski definition) is 2. The number of nitrogens with zero attached hydrogens (tertiary/aromatic N) is 3. The maximum atomic E-state index is 6.37. The van der Waals surface area contributed by atoms with E-state index >= 15 is 0 Å². The van der Waals surface area contributed by atoms with Gasteiger partial charge in [-0.15, -0.1) is 0 Å². The van der Waals surface area contributed by atoms with Crippen molar-refractivity contribution in [2.75, 3.05) is 0 Å². The summed E-state index contributed by atoms with van der Waals surface area (Å²) < 4.78 is 1.68. The Morgan fingerprint density at radius 1 is 1.00 bits per heavy atom. The van der Waals surface area contributed by atoms with Crippen molar-refractivity contribution in [1.82, 2.24) is 14.6 Å². The molecule has 1 aromatic carbocycles. The van der Waals surface area contributed by atoms with Crippen molar-refractivity contribution in [3.05, 3.63) is 51.4 Å². The molecular formula is C15H13Cl2N3. The van der Waals surface area contributed by atoms with Gasteiger partial charge in [0.05, 0.1) is 11.3 Å². The molecule has 0 saturated heterocycles. The van der Waals surface area contributed by atoms with Crippen molar-refractivity contribution in [3.8, 4) is 11.1 Å². The largest absolute Gasteiger partial charge is 0.233 e. The summed E-state index contributed by atoms with van der Waals surface area (Å²) in [7, 11) is 0. The van der Waals surface area contributed by atoms with Gasteiger partial charge in [0.25, 0.3) is 0 Å². The van der Waals surface area contributed by atoms with Crippen LogP contribution in [-0.4, -0.2) is 14.6 Å². The summed E-state index contributed by atoms with van der Waals surface area (Å²) in [5.74, 6) is 0. The van der Waals surface area contributed by atoms with Crippen LogP contribution in [0.15, 0.2) is 24.3 Å². The Labute approximate surface area is 127 Å². The van der Waals surface area contributed by atoms with Gasteiger partial charge in [0.1, 0.15) is 5.15 Å². The van der Waals surface area contributed by atoms with Crippen LogP contribution in [0.4, 0.5) is 0 Å². The van der Waals surface area contributed by atoms with Crippen LogP contribution in [0.3, 0.4) is 0 Å². The molecule has 0 unspecified atom stereocenters. The van der Waals surface area contributed by atoms with Crippen molar-refractivity contribution < 1.29 is 0 Å². The predicted octanol–water partition coefficient (Wildman–Crippen LogP) is 4.63. The van der Waals surface area contributed by atoms with Gasteiger partial charge in [0, 0.05) is 21.8 Å². The van der Waals surface area contributed by atoms with Gasteiger partial charge in [0.15, 0.2) is 5.65 Å². The van der Waals surface area contributed by atoms with Crippen LogP contribution in [-0.2, 0) is 0 Å². The summed E-state index contributed by atoms with van der Waals surface area (Å²) in [6.45, 7) is 5.82. The SMILES string of the molecule is Cc1nc2c(-c3ccccc3Cl)c(C)nn2c(Cl)c1C. The number of hydrogen-bond donors (Lipinski definition) is 0. The van der Waals surface area contributed by atoms with Crippen LogP contribution in [0, 0.1) is 20.8 Å². The lowest BCUT2D eigenvalue weighted by atomic mass is 10.1. The molecule has 0 atom stereocenters. The second-order valence-corrected chi connectivity index (χ2v) is 5.55. The molecule has 0 amide bonds. The molecule has 0 radical (unpaired) electrons. The highest BCUT2D eigenvalue weighted by atomic mass is 35.5. The Morgan fingerprint density at radius 2 is 1.70 bits per heavy atom. The molecule has 0 aliphatic rings. The molecule has 2 heterocycles. The van der Waals surface area contributed by atoms with Gasteiger partial charge in [-0.3, -0.25) is 0 Å². The highest BCUT2D eigenvalue weighted by molar-refractivity contribution is 6.33. The normalized spacial score (nSPS) is 11.2. The van der Waals surface area contributed by atoms with Gasteiger partial charge in [-0.1, -0.05) is 41.4 Å². The molecule has 0 aliphatic carbocycles. The first-order valence-corrected chi connectivity index (χ1v) is 7.03. The third-order valence-electron chi connectivity index (χ3n) is 3.49. The topological polar surface area (TPSA) is 30.2 Å². The quantitative estimate of drug-likeness (QED) is 0.614. The fourth-order valence-corrected chi connectivity index (χ4v) is 2.77. The van der Waals surface area contributed by atoms with Gasteiger partial charge in [-0.05, 0) is 26.8 Å². The smallest absolute Gasteiger partial charge is 0.165 e. The highest BCUT2D eigenvalue weighted by Gasteiger charge is 2.18. The minimum Gasteiger partial charge on any atom is -0.233 e. The molecule has 5 heteroatoms. The van der Waals surface area contributed by atoms with E-state index in [-0.39, 0.29) is 0 Å². The zero-order valence-electron chi connectivity index (χ0n) is 11.4. The third kappa shape index (κ3) is 1.89. The van der Waals surface area contributed by atoms with E-state index in [1.165, 1.54) is 0 Å². The highest BCUT2D eigenvalue weighted by Crippen LogP contribution is 2.34. The molecule has 20 heavy (non-hydrogen) atoms. The number of aryl methyl sites for hydroxylation is 2. The lowest BCUT2D eigenvalue weighted by molar-refractivity contribution is 0.898. The number of rotatable bonds is 1. The molecule has 3 rings (SSSR count). The molecule has 0 fully saturated rings. The van der Waals surface area contributed by atoms with Gasteiger partial charge in [0.2, 0.25) is 0 Å². The minimum absolute atomic E-state index is 0.592. The van der Waals surface area contributed by atoms with Crippen LogP contribution in [0.25, 0.3) is 16.8 Å². The summed E-state index contributed by atoms with van der Waals surface area (Å²) in [5, 5.41) is 5.77. The third-order valence-corrected chi connectivity index (χ3v) is 4.26. The second kappa shape index (κ2) is 4.76. The summed E-state index contributed by atoms with van der Waals surface area (Å²) in [6.07, 6.45) is 0. The Bertz CT molecular complexity index is 822. The van der Waals surface area contributed by atoms with Crippen LogP contribution in [0.1, 0.15) is 17.0 Å². The minimum atomic E-state index is 0.592. The van der Waals surface area contributed by atoms with E-state index in [1.807, 2.05) is 45.0 Å². The summed E-state index contributed by atoms with van der Waals surface area (Å²) in [4.78, 5) is 4.63. The van der Waals surface area contributed by atoms with Crippen molar-refractivity contribution in [2.45, 2.75) is 20.8 Å². The molecule has 3 aromatic rings. The fourth-order valence-electron chi connectivity index (χ4n) is 2.29. The zero-order valence-corrected chi connectivity index (χ0v) is 12.9. The van der Waals surface area contributed by atoms with E-state index in [0.29, 0.717) is 10.2 Å². The predicted molar refractivity (Wildman–Crippen MR) is 82.7 cm³/mol. The Balaban J connectivity index is 2.43. The lowest BCUT2D eigenvalue weighted by Crippen LogP contribution is -1.99. The standard InChI is InChI=1S/C15H13Cl2N3/c1-8-9(2)18-15-13(10(3)19-20(15)14(8)17)11-6-4-5-7-12(11)16/h4-7H,1-3H3. The Hall–Kier alpha value is -1.58. The molecule has 3 nitrogen and oxygen atoms in total. The summed E-state index contributed by atoms with van der Waals surface area (Å²) >= 11 is 12.7. The van der Waals surface area contributed by atoms with E-state index in [9.17, 15) is 0 Å². The molecule has 0 spiro atoms. The van der Waals surface area contributed by atoms with E-state index in [0.717, 1.165) is 33.7 Å². The summed E-state index contributed by atoms with van der Waals surface area (Å²) in [6, 6.07) is 7.69. The van der Waals surface area contributed by atoms with Crippen molar-refractivity contribution in [3.63, 3.8) is 0 Å². The van der Waals surface area contributed by atoms with E-state index in [4.69, 9.17) is 23.2 Å².